The molecule has 3 nitrogen and oxygen atoms in total. The highest BCUT2D eigenvalue weighted by atomic mass is 32.2. The van der Waals surface area contributed by atoms with Crippen LogP contribution < -0.4 is 4.74 Å². The van der Waals surface area contributed by atoms with E-state index < -0.39 is 5.44 Å². The quantitative estimate of drug-likeness (QED) is 0.549. The third-order valence-electron chi connectivity index (χ3n) is 1.78. The number of hydrogen-bond acceptors (Lipinski definition) is 4. The minimum absolute atomic E-state index is 0.321. The number of ether oxygens (including phenoxy) is 2. The number of hydrogen-bond donors (Lipinski definition) is 0. The van der Waals surface area contributed by atoms with Crippen LogP contribution in [0.15, 0.2) is 30.3 Å². The number of carbonyl (C=O) groups is 1. The lowest BCUT2D eigenvalue weighted by molar-refractivity contribution is -0.140. The smallest absolute Gasteiger partial charge is 0.351 e. The van der Waals surface area contributed by atoms with Gasteiger partial charge in [-0.15, -0.1) is 11.8 Å². The fourth-order valence-electron chi connectivity index (χ4n) is 1.15. The van der Waals surface area contributed by atoms with Crippen LogP contribution in [0.4, 0.5) is 0 Å². The Morgan fingerprint density at radius 3 is 2.86 bits per heavy atom. The normalized spacial score (nSPS) is 20.7. The Morgan fingerprint density at radius 2 is 2.21 bits per heavy atom. The van der Waals surface area contributed by atoms with E-state index in [4.69, 9.17) is 9.47 Å². The molecular weight excluding hydrogens is 200 g/mol. The molecule has 0 bridgehead atoms. The van der Waals surface area contributed by atoms with E-state index in [-0.39, 0.29) is 5.97 Å². The third kappa shape index (κ3) is 2.27. The summed E-state index contributed by atoms with van der Waals surface area (Å²) >= 11 is 1.47. The molecule has 1 atom stereocenters. The SMILES string of the molecule is O=C(Oc1ccccc1)C1OCCS1. The van der Waals surface area contributed by atoms with Crippen molar-refractivity contribution in [2.24, 2.45) is 0 Å². The maximum Gasteiger partial charge on any atom is 0.351 e. The molecule has 1 aliphatic heterocycles. The van der Waals surface area contributed by atoms with Crippen molar-refractivity contribution in [3.8, 4) is 5.75 Å². The molecule has 1 aliphatic rings. The summed E-state index contributed by atoms with van der Waals surface area (Å²) < 4.78 is 10.3. The van der Waals surface area contributed by atoms with Crippen LogP contribution in [-0.2, 0) is 9.53 Å². The van der Waals surface area contributed by atoms with Crippen molar-refractivity contribution in [2.75, 3.05) is 12.4 Å². The molecule has 2 rings (SSSR count). The first-order valence-corrected chi connectivity index (χ1v) is 5.41. The molecule has 0 N–H and O–H groups in total. The molecular formula is C10H10O3S. The second-order valence-corrected chi connectivity index (χ2v) is 3.98. The topological polar surface area (TPSA) is 35.5 Å². The van der Waals surface area contributed by atoms with Gasteiger partial charge in [0.1, 0.15) is 5.75 Å². The fourth-order valence-corrected chi connectivity index (χ4v) is 1.93. The van der Waals surface area contributed by atoms with Crippen molar-refractivity contribution in [1.82, 2.24) is 0 Å². The van der Waals surface area contributed by atoms with Gasteiger partial charge in [-0.3, -0.25) is 0 Å². The Hall–Kier alpha value is -1.00. The van der Waals surface area contributed by atoms with Crippen LogP contribution in [0.25, 0.3) is 0 Å². The molecule has 1 saturated heterocycles. The Labute approximate surface area is 86.4 Å². The van der Waals surface area contributed by atoms with E-state index in [0.29, 0.717) is 12.4 Å². The summed E-state index contributed by atoms with van der Waals surface area (Å²) in [6.07, 6.45) is 0. The first kappa shape index (κ1) is 9.55. The van der Waals surface area contributed by atoms with Crippen LogP contribution in [0, 0.1) is 0 Å². The van der Waals surface area contributed by atoms with Crippen LogP contribution in [0.5, 0.6) is 5.75 Å². The zero-order chi connectivity index (χ0) is 9.80. The zero-order valence-corrected chi connectivity index (χ0v) is 8.33. The second kappa shape index (κ2) is 4.48. The molecule has 1 heterocycles. The number of benzene rings is 1. The molecule has 4 heteroatoms. The first-order chi connectivity index (χ1) is 6.86. The Morgan fingerprint density at radius 1 is 1.43 bits per heavy atom. The number of rotatable bonds is 2. The summed E-state index contributed by atoms with van der Waals surface area (Å²) in [5.74, 6) is 1.10. The fraction of sp³-hybridized carbons (Fsp3) is 0.300. The van der Waals surface area contributed by atoms with E-state index >= 15 is 0 Å². The standard InChI is InChI=1S/C10H10O3S/c11-9(10-12-6-7-14-10)13-8-4-2-1-3-5-8/h1-5,10H,6-7H2. The molecule has 0 aromatic heterocycles. The highest BCUT2D eigenvalue weighted by Gasteiger charge is 2.26. The third-order valence-corrected chi connectivity index (χ3v) is 2.81. The molecule has 74 valence electrons. The Balaban J connectivity index is 1.94. The lowest BCUT2D eigenvalue weighted by Crippen LogP contribution is -2.22. The van der Waals surface area contributed by atoms with Gasteiger partial charge in [-0.05, 0) is 12.1 Å². The summed E-state index contributed by atoms with van der Waals surface area (Å²) in [4.78, 5) is 11.4. The van der Waals surface area contributed by atoms with Gasteiger partial charge in [-0.25, -0.2) is 4.79 Å². The van der Waals surface area contributed by atoms with Crippen LogP contribution in [0.1, 0.15) is 0 Å². The summed E-state index contributed by atoms with van der Waals surface area (Å²) in [7, 11) is 0. The molecule has 0 amide bonds. The molecule has 0 saturated carbocycles. The van der Waals surface area contributed by atoms with Crippen molar-refractivity contribution in [3.63, 3.8) is 0 Å². The molecule has 1 aromatic rings. The molecule has 0 spiro atoms. The summed E-state index contributed by atoms with van der Waals surface area (Å²) in [6.45, 7) is 0.624. The molecule has 1 unspecified atom stereocenters. The van der Waals surface area contributed by atoms with Crippen molar-refractivity contribution in [3.05, 3.63) is 30.3 Å². The summed E-state index contributed by atoms with van der Waals surface area (Å²) in [5, 5.41) is 0. The first-order valence-electron chi connectivity index (χ1n) is 4.36. The highest BCUT2D eigenvalue weighted by Crippen LogP contribution is 2.21. The van der Waals surface area contributed by atoms with Gasteiger partial charge in [0, 0.05) is 5.75 Å². The van der Waals surface area contributed by atoms with Gasteiger partial charge in [-0.2, -0.15) is 0 Å². The van der Waals surface area contributed by atoms with Crippen molar-refractivity contribution < 1.29 is 14.3 Å². The van der Waals surface area contributed by atoms with Gasteiger partial charge >= 0.3 is 5.97 Å². The second-order valence-electron chi connectivity index (χ2n) is 2.81. The van der Waals surface area contributed by atoms with Crippen LogP contribution in [-0.4, -0.2) is 23.8 Å². The van der Waals surface area contributed by atoms with Gasteiger partial charge in [0.05, 0.1) is 6.61 Å². The van der Waals surface area contributed by atoms with E-state index in [1.54, 1.807) is 12.1 Å². The highest BCUT2D eigenvalue weighted by molar-refractivity contribution is 8.00. The predicted octanol–water partition coefficient (Wildman–Crippen LogP) is 1.68. The maximum absolute atomic E-state index is 11.4. The van der Waals surface area contributed by atoms with E-state index in [1.165, 1.54) is 11.8 Å². The average molecular weight is 210 g/mol. The minimum Gasteiger partial charge on any atom is -0.424 e. The van der Waals surface area contributed by atoms with Gasteiger partial charge in [-0.1, -0.05) is 18.2 Å². The predicted molar refractivity (Wildman–Crippen MR) is 54.3 cm³/mol. The molecule has 1 fully saturated rings. The zero-order valence-electron chi connectivity index (χ0n) is 7.51. The largest absolute Gasteiger partial charge is 0.424 e. The van der Waals surface area contributed by atoms with Crippen molar-refractivity contribution >= 4 is 17.7 Å². The number of esters is 1. The van der Waals surface area contributed by atoms with Gasteiger partial charge < -0.3 is 9.47 Å². The van der Waals surface area contributed by atoms with E-state index in [0.717, 1.165) is 5.75 Å². The van der Waals surface area contributed by atoms with Crippen LogP contribution >= 0.6 is 11.8 Å². The molecule has 14 heavy (non-hydrogen) atoms. The van der Waals surface area contributed by atoms with Gasteiger partial charge in [0.2, 0.25) is 5.44 Å². The summed E-state index contributed by atoms with van der Waals surface area (Å²) in [6, 6.07) is 9.02. The van der Waals surface area contributed by atoms with Crippen LogP contribution in [0.2, 0.25) is 0 Å². The minimum atomic E-state index is -0.449. The maximum atomic E-state index is 11.4. The number of carbonyl (C=O) groups excluding carboxylic acids is 1. The molecule has 0 radical (unpaired) electrons. The van der Waals surface area contributed by atoms with Gasteiger partial charge in [0.25, 0.3) is 0 Å². The molecule has 0 aliphatic carbocycles. The van der Waals surface area contributed by atoms with E-state index in [2.05, 4.69) is 0 Å². The van der Waals surface area contributed by atoms with Crippen molar-refractivity contribution in [1.29, 1.82) is 0 Å². The van der Waals surface area contributed by atoms with E-state index in [1.807, 2.05) is 18.2 Å². The lowest BCUT2D eigenvalue weighted by Gasteiger charge is -2.07. The number of thioether (sulfide) groups is 1. The summed E-state index contributed by atoms with van der Waals surface area (Å²) in [5.41, 5.74) is -0.449. The number of para-hydroxylation sites is 1. The lowest BCUT2D eigenvalue weighted by atomic mass is 10.3. The van der Waals surface area contributed by atoms with Gasteiger partial charge in [0.15, 0.2) is 0 Å². The Bertz CT molecular complexity index is 306. The average Bonchev–Trinajstić information content (AvgIpc) is 2.72. The molecule has 1 aromatic carbocycles. The van der Waals surface area contributed by atoms with Crippen molar-refractivity contribution in [2.45, 2.75) is 5.44 Å². The monoisotopic (exact) mass is 210 g/mol. The van der Waals surface area contributed by atoms with E-state index in [9.17, 15) is 4.79 Å². The van der Waals surface area contributed by atoms with Crippen LogP contribution in [0.3, 0.4) is 0 Å². The Kier molecular flexibility index (Phi) is 3.06.